The first-order chi connectivity index (χ1) is 10.1. The van der Waals surface area contributed by atoms with Crippen LogP contribution < -0.4 is 10.5 Å². The van der Waals surface area contributed by atoms with Crippen LogP contribution in [0.2, 0.25) is 0 Å². The number of hydrogen-bond acceptors (Lipinski definition) is 3. The fraction of sp³-hybridized carbons (Fsp3) is 0.222. The second-order valence-electron chi connectivity index (χ2n) is 5.38. The first-order valence-corrected chi connectivity index (χ1v) is 7.97. The third-order valence-electron chi connectivity index (χ3n) is 3.60. The summed E-state index contributed by atoms with van der Waals surface area (Å²) in [6, 6.07) is 14.6. The van der Waals surface area contributed by atoms with Gasteiger partial charge in [0.2, 0.25) is 0 Å². The zero-order valence-corrected chi connectivity index (χ0v) is 13.1. The minimum atomic E-state index is -0.0279. The molecule has 0 aliphatic heterocycles. The number of aryl methyl sites for hydroxylation is 1. The van der Waals surface area contributed by atoms with Gasteiger partial charge in [0, 0.05) is 21.9 Å². The highest BCUT2D eigenvalue weighted by atomic mass is 32.1. The van der Waals surface area contributed by atoms with Crippen LogP contribution in [0.15, 0.2) is 47.8 Å². The molecule has 108 valence electrons. The van der Waals surface area contributed by atoms with E-state index in [4.69, 9.17) is 10.5 Å². The van der Waals surface area contributed by atoms with E-state index in [0.717, 1.165) is 11.3 Å². The molecule has 1 heterocycles. The van der Waals surface area contributed by atoms with Gasteiger partial charge in [-0.3, -0.25) is 0 Å². The quantitative estimate of drug-likeness (QED) is 0.750. The molecule has 1 aromatic heterocycles. The summed E-state index contributed by atoms with van der Waals surface area (Å²) < 4.78 is 7.36. The molecule has 0 bridgehead atoms. The van der Waals surface area contributed by atoms with Crippen LogP contribution in [0.4, 0.5) is 0 Å². The number of nitrogens with two attached hydrogens (primary N) is 1. The number of benzene rings is 2. The molecule has 0 radical (unpaired) electrons. The maximum absolute atomic E-state index is 6.06. The number of fused-ring (bicyclic) bond motifs is 1. The Balaban J connectivity index is 1.86. The first kappa shape index (κ1) is 14.1. The van der Waals surface area contributed by atoms with Gasteiger partial charge in [-0.2, -0.15) is 0 Å². The first-order valence-electron chi connectivity index (χ1n) is 7.09. The number of rotatable bonds is 4. The fourth-order valence-electron chi connectivity index (χ4n) is 2.44. The highest BCUT2D eigenvalue weighted by Gasteiger charge is 2.10. The molecule has 0 aliphatic rings. The summed E-state index contributed by atoms with van der Waals surface area (Å²) in [4.78, 5) is 0. The van der Waals surface area contributed by atoms with Crippen molar-refractivity contribution in [2.24, 2.45) is 5.73 Å². The predicted molar refractivity (Wildman–Crippen MR) is 89.9 cm³/mol. The van der Waals surface area contributed by atoms with Gasteiger partial charge >= 0.3 is 0 Å². The van der Waals surface area contributed by atoms with Crippen molar-refractivity contribution >= 4 is 21.4 Å². The van der Waals surface area contributed by atoms with Crippen LogP contribution in [0.25, 0.3) is 10.1 Å². The van der Waals surface area contributed by atoms with Crippen molar-refractivity contribution in [3.63, 3.8) is 0 Å². The maximum atomic E-state index is 6.06. The highest BCUT2D eigenvalue weighted by molar-refractivity contribution is 7.17. The molecule has 0 amide bonds. The van der Waals surface area contributed by atoms with Crippen molar-refractivity contribution in [1.29, 1.82) is 0 Å². The molecule has 0 aliphatic carbocycles. The minimum Gasteiger partial charge on any atom is -0.488 e. The van der Waals surface area contributed by atoms with Crippen LogP contribution in [-0.2, 0) is 6.61 Å². The van der Waals surface area contributed by atoms with Gasteiger partial charge < -0.3 is 10.5 Å². The fourth-order valence-corrected chi connectivity index (χ4v) is 3.39. The Hall–Kier alpha value is -1.84. The average molecular weight is 297 g/mol. The average Bonchev–Trinajstić information content (AvgIpc) is 2.88. The van der Waals surface area contributed by atoms with Crippen LogP contribution in [0.1, 0.15) is 29.7 Å². The van der Waals surface area contributed by atoms with Gasteiger partial charge in [0.15, 0.2) is 0 Å². The SMILES string of the molecule is Cc1ccc([C@H](C)N)c(OCc2csc3ccccc23)c1. The van der Waals surface area contributed by atoms with Crippen LogP contribution in [0, 0.1) is 6.92 Å². The zero-order valence-electron chi connectivity index (χ0n) is 12.3. The van der Waals surface area contributed by atoms with E-state index in [0.29, 0.717) is 6.61 Å². The van der Waals surface area contributed by atoms with E-state index in [-0.39, 0.29) is 6.04 Å². The van der Waals surface area contributed by atoms with E-state index in [2.05, 4.69) is 54.8 Å². The minimum absolute atomic E-state index is 0.0279. The lowest BCUT2D eigenvalue weighted by Crippen LogP contribution is -2.08. The van der Waals surface area contributed by atoms with Crippen LogP contribution >= 0.6 is 11.3 Å². The molecule has 0 saturated heterocycles. The van der Waals surface area contributed by atoms with Gasteiger partial charge in [0.25, 0.3) is 0 Å². The molecule has 0 unspecified atom stereocenters. The summed E-state index contributed by atoms with van der Waals surface area (Å²) in [5.74, 6) is 0.889. The van der Waals surface area contributed by atoms with Crippen molar-refractivity contribution in [2.45, 2.75) is 26.5 Å². The Morgan fingerprint density at radius 2 is 2.00 bits per heavy atom. The zero-order chi connectivity index (χ0) is 14.8. The lowest BCUT2D eigenvalue weighted by molar-refractivity contribution is 0.303. The molecule has 21 heavy (non-hydrogen) atoms. The lowest BCUT2D eigenvalue weighted by atomic mass is 10.1. The standard InChI is InChI=1S/C18H19NOS/c1-12-7-8-15(13(2)19)17(9-12)20-10-14-11-21-18-6-4-3-5-16(14)18/h3-9,11,13H,10,19H2,1-2H3/t13-/m0/s1. The largest absolute Gasteiger partial charge is 0.488 e. The van der Waals surface area contributed by atoms with Crippen molar-refractivity contribution in [3.8, 4) is 5.75 Å². The van der Waals surface area contributed by atoms with E-state index in [1.807, 2.05) is 6.92 Å². The van der Waals surface area contributed by atoms with Crippen molar-refractivity contribution in [3.05, 3.63) is 64.5 Å². The van der Waals surface area contributed by atoms with Crippen LogP contribution in [0.5, 0.6) is 5.75 Å². The summed E-state index contributed by atoms with van der Waals surface area (Å²) in [5.41, 5.74) is 9.50. The summed E-state index contributed by atoms with van der Waals surface area (Å²) in [6.45, 7) is 4.63. The molecular weight excluding hydrogens is 278 g/mol. The Bertz CT molecular complexity index is 761. The molecule has 0 spiro atoms. The number of thiophene rings is 1. The monoisotopic (exact) mass is 297 g/mol. The van der Waals surface area contributed by atoms with E-state index in [1.54, 1.807) is 11.3 Å². The highest BCUT2D eigenvalue weighted by Crippen LogP contribution is 2.29. The maximum Gasteiger partial charge on any atom is 0.124 e. The van der Waals surface area contributed by atoms with E-state index in [1.165, 1.54) is 21.2 Å². The summed E-state index contributed by atoms with van der Waals surface area (Å²) in [5, 5.41) is 3.45. The van der Waals surface area contributed by atoms with Gasteiger partial charge in [0.05, 0.1) is 0 Å². The molecule has 0 saturated carbocycles. The summed E-state index contributed by atoms with van der Waals surface area (Å²) in [6.07, 6.45) is 0. The lowest BCUT2D eigenvalue weighted by Gasteiger charge is -2.14. The molecule has 2 aromatic carbocycles. The van der Waals surface area contributed by atoms with E-state index < -0.39 is 0 Å². The molecule has 3 rings (SSSR count). The molecular formula is C18H19NOS. The Morgan fingerprint density at radius 3 is 2.81 bits per heavy atom. The normalized spacial score (nSPS) is 12.5. The summed E-state index contributed by atoms with van der Waals surface area (Å²) in [7, 11) is 0. The second kappa shape index (κ2) is 5.88. The van der Waals surface area contributed by atoms with Gasteiger partial charge in [-0.1, -0.05) is 30.3 Å². The topological polar surface area (TPSA) is 35.2 Å². The van der Waals surface area contributed by atoms with Crippen molar-refractivity contribution in [1.82, 2.24) is 0 Å². The third-order valence-corrected chi connectivity index (χ3v) is 4.62. The predicted octanol–water partition coefficient (Wildman–Crippen LogP) is 4.81. The van der Waals surface area contributed by atoms with Gasteiger partial charge in [-0.15, -0.1) is 11.3 Å². The molecule has 2 nitrogen and oxygen atoms in total. The van der Waals surface area contributed by atoms with Gasteiger partial charge in [-0.05, 0) is 42.3 Å². The number of hydrogen-bond donors (Lipinski definition) is 1. The number of ether oxygens (including phenoxy) is 1. The van der Waals surface area contributed by atoms with Crippen LogP contribution in [0.3, 0.4) is 0 Å². The summed E-state index contributed by atoms with van der Waals surface area (Å²) >= 11 is 1.76. The Kier molecular flexibility index (Phi) is 3.95. The van der Waals surface area contributed by atoms with E-state index in [9.17, 15) is 0 Å². The molecule has 2 N–H and O–H groups in total. The van der Waals surface area contributed by atoms with Crippen molar-refractivity contribution in [2.75, 3.05) is 0 Å². The second-order valence-corrected chi connectivity index (χ2v) is 6.29. The van der Waals surface area contributed by atoms with E-state index >= 15 is 0 Å². The molecule has 1 atom stereocenters. The Morgan fingerprint density at radius 1 is 1.19 bits per heavy atom. The van der Waals surface area contributed by atoms with Crippen LogP contribution in [-0.4, -0.2) is 0 Å². The molecule has 3 heteroatoms. The Labute approximate surface area is 129 Å². The van der Waals surface area contributed by atoms with Crippen molar-refractivity contribution < 1.29 is 4.74 Å². The third kappa shape index (κ3) is 2.94. The van der Waals surface area contributed by atoms with Gasteiger partial charge in [-0.25, -0.2) is 0 Å². The molecule has 0 fully saturated rings. The molecule has 3 aromatic rings. The van der Waals surface area contributed by atoms with Gasteiger partial charge in [0.1, 0.15) is 12.4 Å². The smallest absolute Gasteiger partial charge is 0.124 e.